The van der Waals surface area contributed by atoms with Crippen molar-refractivity contribution >= 4 is 5.95 Å². The Kier molecular flexibility index (Phi) is 5.03. The molecule has 0 radical (unpaired) electrons. The van der Waals surface area contributed by atoms with Crippen LogP contribution in [0.3, 0.4) is 0 Å². The fourth-order valence-corrected chi connectivity index (χ4v) is 1.08. The molecule has 0 atom stereocenters. The van der Waals surface area contributed by atoms with Gasteiger partial charge < -0.3 is 19.7 Å². The third-order valence-electron chi connectivity index (χ3n) is 1.81. The molecule has 0 saturated heterocycles. The molecule has 1 rings (SSSR count). The fraction of sp³-hybridized carbons (Fsp3) is 0.667. The van der Waals surface area contributed by atoms with E-state index in [0.29, 0.717) is 13.2 Å². The van der Waals surface area contributed by atoms with Crippen LogP contribution >= 0.6 is 0 Å². The Morgan fingerprint density at radius 1 is 1.57 bits per heavy atom. The lowest BCUT2D eigenvalue weighted by molar-refractivity contribution is 0.0921. The molecule has 1 aromatic heterocycles. The van der Waals surface area contributed by atoms with Gasteiger partial charge in [0.2, 0.25) is 5.95 Å². The Morgan fingerprint density at radius 2 is 2.43 bits per heavy atom. The van der Waals surface area contributed by atoms with Gasteiger partial charge in [0.05, 0.1) is 13.2 Å². The van der Waals surface area contributed by atoms with E-state index in [1.165, 1.54) is 0 Å². The average molecular weight is 199 g/mol. The molecule has 0 saturated carbocycles. The van der Waals surface area contributed by atoms with E-state index in [-0.39, 0.29) is 6.61 Å². The van der Waals surface area contributed by atoms with Crippen LogP contribution in [0.1, 0.15) is 6.42 Å². The fourth-order valence-electron chi connectivity index (χ4n) is 1.08. The number of hydrogen-bond acceptors (Lipinski definition) is 4. The van der Waals surface area contributed by atoms with Crippen molar-refractivity contribution in [3.05, 3.63) is 12.4 Å². The smallest absolute Gasteiger partial charge is 0.202 e. The number of aromatic nitrogens is 2. The van der Waals surface area contributed by atoms with Crippen LogP contribution in [0.25, 0.3) is 0 Å². The molecule has 0 unspecified atom stereocenters. The molecule has 0 amide bonds. The number of imidazole rings is 1. The number of aryl methyl sites for hydroxylation is 1. The molecule has 0 bridgehead atoms. The van der Waals surface area contributed by atoms with Crippen molar-refractivity contribution in [1.82, 2.24) is 9.55 Å². The summed E-state index contributed by atoms with van der Waals surface area (Å²) in [5.74, 6) is 0.868. The van der Waals surface area contributed by atoms with E-state index in [1.807, 2.05) is 17.8 Å². The highest BCUT2D eigenvalue weighted by atomic mass is 16.5. The van der Waals surface area contributed by atoms with Crippen LogP contribution in [0.4, 0.5) is 5.95 Å². The second-order valence-electron chi connectivity index (χ2n) is 2.98. The third-order valence-corrected chi connectivity index (χ3v) is 1.81. The van der Waals surface area contributed by atoms with Crippen LogP contribution in [0, 0.1) is 0 Å². The summed E-state index contributed by atoms with van der Waals surface area (Å²) >= 11 is 0. The van der Waals surface area contributed by atoms with Crippen molar-refractivity contribution in [2.24, 2.45) is 7.05 Å². The number of nitrogens with one attached hydrogen (secondary N) is 1. The van der Waals surface area contributed by atoms with E-state index in [9.17, 15) is 0 Å². The predicted octanol–water partition coefficient (Wildman–Crippen LogP) is 0.231. The molecule has 1 aromatic rings. The maximum Gasteiger partial charge on any atom is 0.202 e. The van der Waals surface area contributed by atoms with E-state index in [2.05, 4.69) is 10.3 Å². The maximum atomic E-state index is 8.46. The van der Waals surface area contributed by atoms with Gasteiger partial charge in [-0.25, -0.2) is 4.98 Å². The number of hydrogen-bond donors (Lipinski definition) is 2. The van der Waals surface area contributed by atoms with Gasteiger partial charge in [0.15, 0.2) is 0 Å². The Bertz CT molecular complexity index is 250. The molecule has 80 valence electrons. The maximum absolute atomic E-state index is 8.46. The van der Waals surface area contributed by atoms with Gasteiger partial charge in [0.1, 0.15) is 0 Å². The molecule has 0 aliphatic heterocycles. The van der Waals surface area contributed by atoms with Gasteiger partial charge in [0.25, 0.3) is 0 Å². The Balaban J connectivity index is 2.02. The molecular weight excluding hydrogens is 182 g/mol. The summed E-state index contributed by atoms with van der Waals surface area (Å²) < 4.78 is 7.04. The monoisotopic (exact) mass is 199 g/mol. The van der Waals surface area contributed by atoms with Gasteiger partial charge in [-0.3, -0.25) is 0 Å². The Hall–Kier alpha value is -1.07. The molecule has 1 heterocycles. The minimum Gasteiger partial charge on any atom is -0.394 e. The Morgan fingerprint density at radius 3 is 3.07 bits per heavy atom. The second-order valence-corrected chi connectivity index (χ2v) is 2.98. The molecule has 5 nitrogen and oxygen atoms in total. The zero-order valence-electron chi connectivity index (χ0n) is 8.44. The van der Waals surface area contributed by atoms with Crippen LogP contribution in [0.2, 0.25) is 0 Å². The largest absolute Gasteiger partial charge is 0.394 e. The highest BCUT2D eigenvalue weighted by Gasteiger charge is 1.96. The average Bonchev–Trinajstić information content (AvgIpc) is 2.58. The summed E-state index contributed by atoms with van der Waals surface area (Å²) in [5.41, 5.74) is 0. The first-order valence-corrected chi connectivity index (χ1v) is 4.74. The van der Waals surface area contributed by atoms with Gasteiger partial charge in [-0.15, -0.1) is 0 Å². The van der Waals surface area contributed by atoms with Crippen molar-refractivity contribution in [1.29, 1.82) is 0 Å². The first kappa shape index (κ1) is 11.0. The number of aliphatic hydroxyl groups is 1. The predicted molar refractivity (Wildman–Crippen MR) is 54.2 cm³/mol. The van der Waals surface area contributed by atoms with Gasteiger partial charge >= 0.3 is 0 Å². The van der Waals surface area contributed by atoms with Crippen molar-refractivity contribution in [2.75, 3.05) is 31.7 Å². The quantitative estimate of drug-likeness (QED) is 0.617. The summed E-state index contributed by atoms with van der Waals surface area (Å²) in [4.78, 5) is 4.12. The third kappa shape index (κ3) is 3.76. The summed E-state index contributed by atoms with van der Waals surface area (Å²) in [6.45, 7) is 2.00. The standard InChI is InChI=1S/C9H17N3O2/c1-12-5-4-11-9(12)10-3-2-7-14-8-6-13/h4-5,13H,2-3,6-8H2,1H3,(H,10,11). The molecule has 0 aliphatic rings. The highest BCUT2D eigenvalue weighted by Crippen LogP contribution is 2.00. The summed E-state index contributed by atoms with van der Waals surface area (Å²) in [7, 11) is 1.94. The van der Waals surface area contributed by atoms with Crippen LogP contribution in [-0.4, -0.2) is 41.0 Å². The molecule has 0 aliphatic carbocycles. The summed E-state index contributed by atoms with van der Waals surface area (Å²) in [6, 6.07) is 0. The first-order chi connectivity index (χ1) is 6.84. The van der Waals surface area contributed by atoms with Gasteiger partial charge in [-0.1, -0.05) is 0 Å². The lowest BCUT2D eigenvalue weighted by atomic mass is 10.4. The molecule has 5 heteroatoms. The van der Waals surface area contributed by atoms with E-state index < -0.39 is 0 Å². The zero-order valence-corrected chi connectivity index (χ0v) is 8.44. The van der Waals surface area contributed by atoms with E-state index in [1.54, 1.807) is 6.20 Å². The second kappa shape index (κ2) is 6.39. The Labute approximate surface area is 83.7 Å². The molecule has 0 fully saturated rings. The zero-order chi connectivity index (χ0) is 10.2. The number of ether oxygens (including phenoxy) is 1. The topological polar surface area (TPSA) is 59.3 Å². The number of nitrogens with zero attached hydrogens (tertiary/aromatic N) is 2. The van der Waals surface area contributed by atoms with Crippen LogP contribution in [-0.2, 0) is 11.8 Å². The lowest BCUT2D eigenvalue weighted by Gasteiger charge is -2.05. The van der Waals surface area contributed by atoms with Gasteiger partial charge in [0, 0.05) is 32.6 Å². The van der Waals surface area contributed by atoms with Crippen molar-refractivity contribution < 1.29 is 9.84 Å². The summed E-state index contributed by atoms with van der Waals surface area (Å²) in [6.07, 6.45) is 4.56. The normalized spacial score (nSPS) is 10.4. The van der Waals surface area contributed by atoms with E-state index >= 15 is 0 Å². The van der Waals surface area contributed by atoms with Gasteiger partial charge in [-0.05, 0) is 6.42 Å². The van der Waals surface area contributed by atoms with Crippen molar-refractivity contribution in [2.45, 2.75) is 6.42 Å². The SMILES string of the molecule is Cn1ccnc1NCCCOCCO. The minimum atomic E-state index is 0.0901. The van der Waals surface area contributed by atoms with E-state index in [4.69, 9.17) is 9.84 Å². The number of rotatable bonds is 7. The lowest BCUT2D eigenvalue weighted by Crippen LogP contribution is -2.10. The van der Waals surface area contributed by atoms with Crippen LogP contribution in [0.5, 0.6) is 0 Å². The van der Waals surface area contributed by atoms with Gasteiger partial charge in [-0.2, -0.15) is 0 Å². The number of aliphatic hydroxyl groups excluding tert-OH is 1. The molecule has 2 N–H and O–H groups in total. The van der Waals surface area contributed by atoms with Crippen molar-refractivity contribution in [3.63, 3.8) is 0 Å². The van der Waals surface area contributed by atoms with Crippen LogP contribution < -0.4 is 5.32 Å². The molecule has 14 heavy (non-hydrogen) atoms. The highest BCUT2D eigenvalue weighted by molar-refractivity contribution is 5.24. The van der Waals surface area contributed by atoms with Crippen molar-refractivity contribution in [3.8, 4) is 0 Å². The number of anilines is 1. The summed E-state index contributed by atoms with van der Waals surface area (Å²) in [5, 5.41) is 11.6. The van der Waals surface area contributed by atoms with E-state index in [0.717, 1.165) is 18.9 Å². The minimum absolute atomic E-state index is 0.0901. The van der Waals surface area contributed by atoms with Crippen LogP contribution in [0.15, 0.2) is 12.4 Å². The first-order valence-electron chi connectivity index (χ1n) is 4.74. The molecular formula is C9H17N3O2. The molecule has 0 spiro atoms. The molecule has 0 aromatic carbocycles.